The first-order valence-electron chi connectivity index (χ1n) is 8.61. The van der Waals surface area contributed by atoms with Crippen LogP contribution in [-0.2, 0) is 13.0 Å². The van der Waals surface area contributed by atoms with Crippen LogP contribution in [0, 0.1) is 0 Å². The molecule has 1 amide bonds. The average Bonchev–Trinajstić information content (AvgIpc) is 2.70. The summed E-state index contributed by atoms with van der Waals surface area (Å²) in [4.78, 5) is 27.2. The molecule has 3 rings (SSSR count). The number of nitrogens with one attached hydrogen (secondary N) is 1. The van der Waals surface area contributed by atoms with Gasteiger partial charge in [0, 0.05) is 24.5 Å². The largest absolute Gasteiger partial charge is 0.394 e. The number of hydrogen-bond acceptors (Lipinski definition) is 7. The number of nitrogens with zero attached hydrogens (tertiary/aromatic N) is 4. The van der Waals surface area contributed by atoms with E-state index in [2.05, 4.69) is 26.5 Å². The lowest BCUT2D eigenvalue weighted by atomic mass is 10.0. The molecule has 7 nitrogen and oxygen atoms in total. The third kappa shape index (κ3) is 4.31. The molecule has 0 spiro atoms. The van der Waals surface area contributed by atoms with Gasteiger partial charge in [0.1, 0.15) is 12.1 Å². The van der Waals surface area contributed by atoms with E-state index < -0.39 is 0 Å². The van der Waals surface area contributed by atoms with Crippen molar-refractivity contribution in [3.63, 3.8) is 0 Å². The summed E-state index contributed by atoms with van der Waals surface area (Å²) in [7, 11) is 0. The zero-order valence-corrected chi connectivity index (χ0v) is 15.6. The molecular weight excluding hydrogens is 350 g/mol. The van der Waals surface area contributed by atoms with Crippen molar-refractivity contribution in [2.75, 3.05) is 30.5 Å². The Balaban J connectivity index is 1.73. The summed E-state index contributed by atoms with van der Waals surface area (Å²) in [6.45, 7) is 1.12. The van der Waals surface area contributed by atoms with E-state index in [4.69, 9.17) is 0 Å². The van der Waals surface area contributed by atoms with Crippen LogP contribution in [0.5, 0.6) is 0 Å². The van der Waals surface area contributed by atoms with E-state index in [1.165, 1.54) is 6.33 Å². The molecular formula is C18H23N5O2S. The predicted molar refractivity (Wildman–Crippen MR) is 102 cm³/mol. The van der Waals surface area contributed by atoms with Crippen molar-refractivity contribution < 1.29 is 9.90 Å². The number of carbonyl (C=O) groups excluding carboxylic acids is 1. The number of anilines is 1. The third-order valence-electron chi connectivity index (χ3n) is 4.43. The number of fused-ring (bicyclic) bond motifs is 1. The van der Waals surface area contributed by atoms with Crippen LogP contribution in [0.25, 0.3) is 0 Å². The molecule has 2 aromatic rings. The Morgan fingerprint density at radius 3 is 3.08 bits per heavy atom. The minimum Gasteiger partial charge on any atom is -0.394 e. The van der Waals surface area contributed by atoms with Gasteiger partial charge in [0.05, 0.1) is 30.5 Å². The molecule has 0 fully saturated rings. The second-order valence-corrected chi connectivity index (χ2v) is 7.16. The Kier molecular flexibility index (Phi) is 6.40. The van der Waals surface area contributed by atoms with Crippen molar-refractivity contribution in [2.24, 2.45) is 0 Å². The summed E-state index contributed by atoms with van der Waals surface area (Å²) in [5.74, 6) is 1.70. The Morgan fingerprint density at radius 1 is 1.46 bits per heavy atom. The van der Waals surface area contributed by atoms with Crippen molar-refractivity contribution in [2.45, 2.75) is 25.4 Å². The molecule has 0 radical (unpaired) electrons. The molecule has 1 aliphatic rings. The van der Waals surface area contributed by atoms with E-state index >= 15 is 0 Å². The lowest BCUT2D eigenvalue weighted by molar-refractivity contribution is 0.0731. The summed E-state index contributed by atoms with van der Waals surface area (Å²) >= 11 is 1.75. The fraction of sp³-hybridized carbons (Fsp3) is 0.444. The van der Waals surface area contributed by atoms with Gasteiger partial charge in [0.15, 0.2) is 0 Å². The van der Waals surface area contributed by atoms with E-state index in [0.717, 1.165) is 29.2 Å². The van der Waals surface area contributed by atoms with Crippen LogP contribution in [0.3, 0.4) is 0 Å². The van der Waals surface area contributed by atoms with Crippen LogP contribution in [0.2, 0.25) is 0 Å². The number of pyridine rings is 1. The number of hydrogen-bond donors (Lipinski definition) is 2. The molecule has 1 atom stereocenters. The van der Waals surface area contributed by atoms with Crippen molar-refractivity contribution in [1.29, 1.82) is 0 Å². The molecule has 138 valence electrons. The summed E-state index contributed by atoms with van der Waals surface area (Å²) in [6.07, 6.45) is 8.36. The number of carbonyl (C=O) groups is 1. The number of aromatic nitrogens is 3. The lowest BCUT2D eigenvalue weighted by Crippen LogP contribution is -2.37. The molecule has 0 saturated heterocycles. The maximum absolute atomic E-state index is 12.6. The molecule has 8 heteroatoms. The van der Waals surface area contributed by atoms with E-state index in [1.807, 2.05) is 0 Å². The van der Waals surface area contributed by atoms with Crippen LogP contribution < -0.4 is 5.32 Å². The molecule has 0 aromatic carbocycles. The maximum atomic E-state index is 12.6. The molecule has 1 aliphatic heterocycles. The SMILES string of the molecule is CSCC[C@@H](CO)Nc1ncnc2c1CCN(C(=O)c1cccnc1)C2. The van der Waals surface area contributed by atoms with Crippen molar-refractivity contribution in [3.05, 3.63) is 47.7 Å². The van der Waals surface area contributed by atoms with Gasteiger partial charge in [0.25, 0.3) is 5.91 Å². The summed E-state index contributed by atoms with van der Waals surface area (Å²) in [6, 6.07) is 3.51. The average molecular weight is 373 g/mol. The molecule has 0 unspecified atom stereocenters. The topological polar surface area (TPSA) is 91.2 Å². The monoisotopic (exact) mass is 373 g/mol. The van der Waals surface area contributed by atoms with Crippen molar-refractivity contribution >= 4 is 23.5 Å². The maximum Gasteiger partial charge on any atom is 0.255 e. The van der Waals surface area contributed by atoms with E-state index in [0.29, 0.717) is 25.1 Å². The highest BCUT2D eigenvalue weighted by molar-refractivity contribution is 7.98. The minimum absolute atomic E-state index is 0.0310. The van der Waals surface area contributed by atoms with Crippen LogP contribution in [0.15, 0.2) is 30.9 Å². The fourth-order valence-electron chi connectivity index (χ4n) is 2.99. The normalized spacial score (nSPS) is 14.6. The van der Waals surface area contributed by atoms with Gasteiger partial charge in [0.2, 0.25) is 0 Å². The van der Waals surface area contributed by atoms with Gasteiger partial charge in [-0.25, -0.2) is 9.97 Å². The Hall–Kier alpha value is -2.19. The number of thioether (sulfide) groups is 1. The van der Waals surface area contributed by atoms with E-state index in [9.17, 15) is 9.90 Å². The zero-order chi connectivity index (χ0) is 18.4. The van der Waals surface area contributed by atoms with Crippen molar-refractivity contribution in [1.82, 2.24) is 19.9 Å². The van der Waals surface area contributed by atoms with E-state index in [1.54, 1.807) is 41.2 Å². The van der Waals surface area contributed by atoms with Gasteiger partial charge in [-0.2, -0.15) is 11.8 Å². The van der Waals surface area contributed by atoms with Crippen LogP contribution in [0.1, 0.15) is 28.0 Å². The van der Waals surface area contributed by atoms with Gasteiger partial charge in [-0.1, -0.05) is 0 Å². The molecule has 0 aliphatic carbocycles. The van der Waals surface area contributed by atoms with Gasteiger partial charge in [-0.15, -0.1) is 0 Å². The summed E-state index contributed by atoms with van der Waals surface area (Å²) < 4.78 is 0. The molecule has 3 heterocycles. The molecule has 2 N–H and O–H groups in total. The Labute approximate surface area is 157 Å². The Morgan fingerprint density at radius 2 is 2.35 bits per heavy atom. The van der Waals surface area contributed by atoms with Gasteiger partial charge >= 0.3 is 0 Å². The molecule has 0 saturated carbocycles. The first-order valence-corrected chi connectivity index (χ1v) is 10.0. The van der Waals surface area contributed by atoms with Gasteiger partial charge in [-0.05, 0) is 37.0 Å². The second-order valence-electron chi connectivity index (χ2n) is 6.17. The van der Waals surface area contributed by atoms with E-state index in [-0.39, 0.29) is 18.6 Å². The minimum atomic E-state index is -0.0370. The number of rotatable bonds is 7. The summed E-state index contributed by atoms with van der Waals surface area (Å²) in [5.41, 5.74) is 2.47. The summed E-state index contributed by atoms with van der Waals surface area (Å²) in [5, 5.41) is 12.9. The first-order chi connectivity index (χ1) is 12.7. The highest BCUT2D eigenvalue weighted by Crippen LogP contribution is 2.24. The number of aliphatic hydroxyl groups excluding tert-OH is 1. The standard InChI is InChI=1S/C18H23N5O2S/c1-26-8-5-14(11-24)22-17-15-4-7-23(10-16(15)20-12-21-17)18(25)13-3-2-6-19-9-13/h2-3,6,9,12,14,24H,4-5,7-8,10-11H2,1H3,(H,20,21,22)/t14-/m0/s1. The second kappa shape index (κ2) is 8.95. The lowest BCUT2D eigenvalue weighted by Gasteiger charge is -2.29. The highest BCUT2D eigenvalue weighted by Gasteiger charge is 2.25. The van der Waals surface area contributed by atoms with Crippen molar-refractivity contribution in [3.8, 4) is 0 Å². The highest BCUT2D eigenvalue weighted by atomic mass is 32.2. The van der Waals surface area contributed by atoms with Crippen LogP contribution >= 0.6 is 11.8 Å². The number of amides is 1. The molecule has 2 aromatic heterocycles. The fourth-order valence-corrected chi connectivity index (χ4v) is 3.51. The molecule has 26 heavy (non-hydrogen) atoms. The first kappa shape index (κ1) is 18.6. The van der Waals surface area contributed by atoms with Gasteiger partial charge < -0.3 is 15.3 Å². The quantitative estimate of drug-likeness (QED) is 0.762. The Bertz CT molecular complexity index is 744. The van der Waals surface area contributed by atoms with Crippen LogP contribution in [-0.4, -0.2) is 62.1 Å². The smallest absolute Gasteiger partial charge is 0.255 e. The van der Waals surface area contributed by atoms with Gasteiger partial charge in [-0.3, -0.25) is 9.78 Å². The van der Waals surface area contributed by atoms with Crippen LogP contribution in [0.4, 0.5) is 5.82 Å². The zero-order valence-electron chi connectivity index (χ0n) is 14.8. The predicted octanol–water partition coefficient (Wildman–Crippen LogP) is 1.60. The molecule has 0 bridgehead atoms. The third-order valence-corrected chi connectivity index (χ3v) is 5.08. The number of aliphatic hydroxyl groups is 1.